The monoisotopic (exact) mass is 534 g/mol. The fraction of sp³-hybridized carbons (Fsp3) is 0.348. The minimum absolute atomic E-state index is 0.0534. The van der Waals surface area contributed by atoms with Gasteiger partial charge >= 0.3 is 6.18 Å². The molecule has 2 saturated carbocycles. The number of rotatable bonds is 6. The molecular weight excluding hydrogens is 516 g/mol. The van der Waals surface area contributed by atoms with Gasteiger partial charge in [0, 0.05) is 29.9 Å². The molecule has 3 aromatic rings. The molecular formula is C23H18F4N6O3S. The third-order valence-corrected chi connectivity index (χ3v) is 9.23. The van der Waals surface area contributed by atoms with Gasteiger partial charge in [-0.3, -0.25) is 4.79 Å². The Kier molecular flexibility index (Phi) is 5.15. The van der Waals surface area contributed by atoms with Gasteiger partial charge in [0.15, 0.2) is 0 Å². The molecule has 1 aliphatic heterocycles. The third kappa shape index (κ3) is 3.85. The first-order chi connectivity index (χ1) is 17.5. The van der Waals surface area contributed by atoms with Crippen molar-refractivity contribution in [1.29, 1.82) is 0 Å². The summed E-state index contributed by atoms with van der Waals surface area (Å²) in [5, 5.41) is 2.74. The van der Waals surface area contributed by atoms with Gasteiger partial charge in [-0.05, 0) is 48.6 Å². The zero-order chi connectivity index (χ0) is 26.2. The molecule has 1 N–H and O–H groups in total. The van der Waals surface area contributed by atoms with Gasteiger partial charge in [-0.1, -0.05) is 0 Å². The molecule has 3 fully saturated rings. The lowest BCUT2D eigenvalue weighted by Crippen LogP contribution is -2.48. The van der Waals surface area contributed by atoms with Gasteiger partial charge in [0.2, 0.25) is 21.8 Å². The van der Waals surface area contributed by atoms with Crippen LogP contribution in [0.3, 0.4) is 0 Å². The molecule has 2 aliphatic carbocycles. The van der Waals surface area contributed by atoms with Crippen LogP contribution in [0.4, 0.5) is 17.6 Å². The number of halogens is 4. The van der Waals surface area contributed by atoms with Crippen molar-refractivity contribution < 1.29 is 30.8 Å². The molecule has 14 heteroatoms. The second-order valence-electron chi connectivity index (χ2n) is 9.37. The summed E-state index contributed by atoms with van der Waals surface area (Å²) < 4.78 is 79.2. The van der Waals surface area contributed by atoms with E-state index in [9.17, 15) is 30.8 Å². The molecule has 1 spiro atoms. The maximum atomic E-state index is 13.3. The quantitative estimate of drug-likeness (QED) is 0.483. The number of hydrogen-bond donors (Lipinski definition) is 1. The minimum Gasteiger partial charge on any atom is -0.349 e. The fourth-order valence-corrected chi connectivity index (χ4v) is 7.03. The van der Waals surface area contributed by atoms with Crippen LogP contribution in [0.15, 0.2) is 53.9 Å². The van der Waals surface area contributed by atoms with E-state index in [2.05, 4.69) is 25.3 Å². The number of nitrogens with zero attached hydrogens (tertiary/aromatic N) is 5. The highest BCUT2D eigenvalue weighted by Crippen LogP contribution is 2.85. The lowest BCUT2D eigenvalue weighted by atomic mass is 10.0. The molecule has 192 valence electrons. The number of piperidine rings is 1. The molecule has 0 bridgehead atoms. The van der Waals surface area contributed by atoms with Crippen LogP contribution < -0.4 is 5.32 Å². The van der Waals surface area contributed by atoms with E-state index in [4.69, 9.17) is 0 Å². The first-order valence-corrected chi connectivity index (χ1v) is 12.7. The summed E-state index contributed by atoms with van der Waals surface area (Å²) in [6.07, 6.45) is -0.703. The van der Waals surface area contributed by atoms with Crippen molar-refractivity contribution >= 4 is 15.9 Å². The van der Waals surface area contributed by atoms with Crippen molar-refractivity contribution in [1.82, 2.24) is 29.6 Å². The summed E-state index contributed by atoms with van der Waals surface area (Å²) in [5.74, 6) is -1.85. The molecule has 1 unspecified atom stereocenters. The molecule has 1 saturated heterocycles. The van der Waals surface area contributed by atoms with E-state index in [0.717, 1.165) is 30.9 Å². The smallest absolute Gasteiger partial charge is 0.349 e. The average molecular weight is 534 g/mol. The molecule has 9 nitrogen and oxygen atoms in total. The maximum absolute atomic E-state index is 13.3. The molecule has 4 atom stereocenters. The van der Waals surface area contributed by atoms with E-state index < -0.39 is 39.8 Å². The lowest BCUT2D eigenvalue weighted by Gasteiger charge is -2.26. The normalized spacial score (nSPS) is 26.3. The fourth-order valence-electron chi connectivity index (χ4n) is 5.35. The topological polar surface area (TPSA) is 118 Å². The van der Waals surface area contributed by atoms with Crippen LogP contribution in [0.5, 0.6) is 0 Å². The van der Waals surface area contributed by atoms with E-state index in [1.807, 2.05) is 0 Å². The second kappa shape index (κ2) is 7.99. The Balaban J connectivity index is 1.18. The zero-order valence-corrected chi connectivity index (χ0v) is 19.7. The minimum atomic E-state index is -4.67. The van der Waals surface area contributed by atoms with E-state index in [-0.39, 0.29) is 40.6 Å². The molecule has 3 aliphatic rings. The molecule has 0 radical (unpaired) electrons. The SMILES string of the molecule is O=C(NCc1cc(-c2cnc(C(F)(F)F)nc2)ncn1)[C@H]1N(S(=O)(=O)c2ccc(F)cc2)C[C@@H]2C3C[C@@]321. The van der Waals surface area contributed by atoms with Gasteiger partial charge in [-0.2, -0.15) is 17.5 Å². The van der Waals surface area contributed by atoms with Crippen LogP contribution in [0, 0.1) is 23.1 Å². The zero-order valence-electron chi connectivity index (χ0n) is 18.9. The second-order valence-corrected chi connectivity index (χ2v) is 11.3. The van der Waals surface area contributed by atoms with Gasteiger partial charge in [0.25, 0.3) is 0 Å². The number of carbonyl (C=O) groups excluding carboxylic acids is 1. The summed E-state index contributed by atoms with van der Waals surface area (Å²) >= 11 is 0. The molecule has 1 aromatic carbocycles. The first kappa shape index (κ1) is 23.9. The van der Waals surface area contributed by atoms with Crippen LogP contribution in [-0.4, -0.2) is 51.2 Å². The molecule has 1 amide bonds. The van der Waals surface area contributed by atoms with Crippen LogP contribution in [0.1, 0.15) is 17.9 Å². The predicted molar refractivity (Wildman–Crippen MR) is 118 cm³/mol. The van der Waals surface area contributed by atoms with Gasteiger partial charge in [-0.15, -0.1) is 0 Å². The van der Waals surface area contributed by atoms with Crippen LogP contribution >= 0.6 is 0 Å². The van der Waals surface area contributed by atoms with E-state index in [0.29, 0.717) is 11.6 Å². The Morgan fingerprint density at radius 2 is 1.78 bits per heavy atom. The van der Waals surface area contributed by atoms with Crippen molar-refractivity contribution in [2.75, 3.05) is 6.54 Å². The largest absolute Gasteiger partial charge is 0.451 e. The number of fused-ring (bicyclic) bond motifs is 1. The van der Waals surface area contributed by atoms with Crippen LogP contribution in [-0.2, 0) is 27.5 Å². The summed E-state index contributed by atoms with van der Waals surface area (Å²) in [4.78, 5) is 27.9. The van der Waals surface area contributed by atoms with Crippen molar-refractivity contribution in [3.05, 3.63) is 66.4 Å². The summed E-state index contributed by atoms with van der Waals surface area (Å²) in [5.41, 5.74) is 0.501. The van der Waals surface area contributed by atoms with Gasteiger partial charge in [0.1, 0.15) is 18.2 Å². The molecule has 2 aromatic heterocycles. The van der Waals surface area contributed by atoms with Gasteiger partial charge in [-0.25, -0.2) is 32.7 Å². The van der Waals surface area contributed by atoms with Crippen molar-refractivity contribution in [2.24, 2.45) is 17.3 Å². The third-order valence-electron chi connectivity index (χ3n) is 7.38. The predicted octanol–water partition coefficient (Wildman–Crippen LogP) is 2.42. The van der Waals surface area contributed by atoms with E-state index in [1.165, 1.54) is 28.8 Å². The van der Waals surface area contributed by atoms with Crippen LogP contribution in [0.2, 0.25) is 0 Å². The average Bonchev–Trinajstić information content (AvgIpc) is 3.72. The standard InChI is InChI=1S/C23H18F4N6O3S/c24-13-1-3-15(4-2-13)37(35,36)33-10-17-16-6-22(16,17)19(33)20(34)28-9-14-5-18(32-11-31-14)12-7-29-21(30-8-12)23(25,26)27/h1-5,7-8,11,16-17,19H,6,9-10H2,(H,28,34)/t16?,17-,19-,22-/m1/s1. The Bertz CT molecular complexity index is 1500. The highest BCUT2D eigenvalue weighted by atomic mass is 32.2. The van der Waals surface area contributed by atoms with Crippen molar-refractivity contribution in [3.8, 4) is 11.3 Å². The maximum Gasteiger partial charge on any atom is 0.451 e. The summed E-state index contributed by atoms with van der Waals surface area (Å²) in [6.45, 7) is 0.177. The Morgan fingerprint density at radius 1 is 1.08 bits per heavy atom. The lowest BCUT2D eigenvalue weighted by molar-refractivity contribution is -0.145. The van der Waals surface area contributed by atoms with Crippen molar-refractivity contribution in [3.63, 3.8) is 0 Å². The Hall–Kier alpha value is -3.52. The number of carbonyl (C=O) groups is 1. The molecule has 6 rings (SSSR count). The highest BCUT2D eigenvalue weighted by molar-refractivity contribution is 7.89. The first-order valence-electron chi connectivity index (χ1n) is 11.3. The number of amides is 1. The molecule has 37 heavy (non-hydrogen) atoms. The number of benzene rings is 1. The van der Waals surface area contributed by atoms with Gasteiger partial charge in [0.05, 0.1) is 22.8 Å². The number of sulfonamides is 1. The molecule has 3 heterocycles. The van der Waals surface area contributed by atoms with Crippen LogP contribution in [0.25, 0.3) is 11.3 Å². The van der Waals surface area contributed by atoms with E-state index in [1.54, 1.807) is 0 Å². The van der Waals surface area contributed by atoms with E-state index >= 15 is 0 Å². The Labute approximate surface area is 208 Å². The number of alkyl halides is 3. The van der Waals surface area contributed by atoms with Crippen molar-refractivity contribution in [2.45, 2.75) is 30.1 Å². The number of hydrogen-bond acceptors (Lipinski definition) is 7. The van der Waals surface area contributed by atoms with Gasteiger partial charge < -0.3 is 5.32 Å². The summed E-state index contributed by atoms with van der Waals surface area (Å²) in [7, 11) is -4.02. The summed E-state index contributed by atoms with van der Waals surface area (Å²) in [6, 6.07) is 5.07. The Morgan fingerprint density at radius 3 is 2.43 bits per heavy atom. The highest BCUT2D eigenvalue weighted by Gasteiger charge is 2.87. The number of nitrogens with one attached hydrogen (secondary N) is 1. The number of aromatic nitrogens is 4.